The molecule has 28 heavy (non-hydrogen) atoms. The van der Waals surface area contributed by atoms with E-state index < -0.39 is 10.0 Å². The summed E-state index contributed by atoms with van der Waals surface area (Å²) in [6.45, 7) is 3.06. The molecule has 0 unspecified atom stereocenters. The van der Waals surface area contributed by atoms with Crippen molar-refractivity contribution >= 4 is 15.9 Å². The van der Waals surface area contributed by atoms with Crippen LogP contribution in [0.2, 0.25) is 0 Å². The molecular weight excluding hydrogens is 372 g/mol. The minimum absolute atomic E-state index is 0.0367. The molecule has 3 fully saturated rings. The quantitative estimate of drug-likeness (QED) is 0.773. The smallest absolute Gasteiger partial charge is 0.243 e. The molecule has 3 atom stereocenters. The molecule has 0 bridgehead atoms. The number of nitrogens with zero attached hydrogens (tertiary/aromatic N) is 2. The van der Waals surface area contributed by atoms with Crippen LogP contribution in [0.5, 0.6) is 0 Å². The molecule has 1 amide bonds. The molecule has 6 heteroatoms. The van der Waals surface area contributed by atoms with Gasteiger partial charge >= 0.3 is 0 Å². The molecule has 0 N–H and O–H groups in total. The lowest BCUT2D eigenvalue weighted by molar-refractivity contribution is -0.147. The minimum atomic E-state index is -3.46. The molecule has 2 aliphatic heterocycles. The molecular formula is C22H32N2O3S. The SMILES string of the molecule is C[C@@H]1CC[C@@H]2CCCC[C@@H]2N1C(=O)C1CCN(S(=O)(=O)c2ccccc2)CC1. The van der Waals surface area contributed by atoms with E-state index in [2.05, 4.69) is 11.8 Å². The summed E-state index contributed by atoms with van der Waals surface area (Å²) in [5, 5.41) is 0. The normalized spacial score (nSPS) is 30.0. The molecule has 3 aliphatic rings. The number of hydrogen-bond donors (Lipinski definition) is 0. The van der Waals surface area contributed by atoms with Gasteiger partial charge in [-0.2, -0.15) is 4.31 Å². The monoisotopic (exact) mass is 404 g/mol. The number of carbonyl (C=O) groups is 1. The number of sulfonamides is 1. The Kier molecular flexibility index (Phi) is 5.79. The highest BCUT2D eigenvalue weighted by Gasteiger charge is 2.42. The Balaban J connectivity index is 1.42. The summed E-state index contributed by atoms with van der Waals surface area (Å²) in [5.74, 6) is 0.915. The maximum atomic E-state index is 13.4. The fourth-order valence-electron chi connectivity index (χ4n) is 5.49. The molecule has 0 radical (unpaired) electrons. The van der Waals surface area contributed by atoms with Crippen LogP contribution in [0.25, 0.3) is 0 Å². The third kappa shape index (κ3) is 3.73. The predicted molar refractivity (Wildman–Crippen MR) is 109 cm³/mol. The van der Waals surface area contributed by atoms with Gasteiger partial charge in [0.05, 0.1) is 4.90 Å². The van der Waals surface area contributed by atoms with Gasteiger partial charge in [0, 0.05) is 31.1 Å². The zero-order chi connectivity index (χ0) is 19.7. The van der Waals surface area contributed by atoms with Crippen molar-refractivity contribution in [2.24, 2.45) is 11.8 Å². The van der Waals surface area contributed by atoms with Crippen molar-refractivity contribution in [3.05, 3.63) is 30.3 Å². The van der Waals surface area contributed by atoms with Gasteiger partial charge < -0.3 is 4.90 Å². The first-order valence-electron chi connectivity index (χ1n) is 10.9. The molecule has 0 spiro atoms. The summed E-state index contributed by atoms with van der Waals surface area (Å²) >= 11 is 0. The summed E-state index contributed by atoms with van der Waals surface area (Å²) in [4.78, 5) is 16.0. The fraction of sp³-hybridized carbons (Fsp3) is 0.682. The predicted octanol–water partition coefficient (Wildman–Crippen LogP) is 3.66. The lowest BCUT2D eigenvalue weighted by Gasteiger charge is -2.49. The van der Waals surface area contributed by atoms with Crippen LogP contribution in [0.3, 0.4) is 0 Å². The highest BCUT2D eigenvalue weighted by Crippen LogP contribution is 2.39. The molecule has 1 saturated carbocycles. The maximum absolute atomic E-state index is 13.4. The number of amides is 1. The van der Waals surface area contributed by atoms with Crippen molar-refractivity contribution in [3.8, 4) is 0 Å². The first-order chi connectivity index (χ1) is 13.5. The van der Waals surface area contributed by atoms with Crippen LogP contribution in [-0.4, -0.2) is 48.7 Å². The number of rotatable bonds is 3. The van der Waals surface area contributed by atoms with E-state index in [4.69, 9.17) is 0 Å². The molecule has 4 rings (SSSR count). The Morgan fingerprint density at radius 1 is 0.929 bits per heavy atom. The average molecular weight is 405 g/mol. The van der Waals surface area contributed by atoms with Crippen molar-refractivity contribution in [2.45, 2.75) is 75.3 Å². The van der Waals surface area contributed by atoms with Crippen molar-refractivity contribution in [3.63, 3.8) is 0 Å². The minimum Gasteiger partial charge on any atom is -0.336 e. The van der Waals surface area contributed by atoms with Gasteiger partial charge in [0.1, 0.15) is 0 Å². The van der Waals surface area contributed by atoms with Crippen LogP contribution >= 0.6 is 0 Å². The zero-order valence-electron chi connectivity index (χ0n) is 16.8. The number of fused-ring (bicyclic) bond motifs is 1. The van der Waals surface area contributed by atoms with Crippen LogP contribution in [0.15, 0.2) is 35.2 Å². The summed E-state index contributed by atoms with van der Waals surface area (Å²) in [6, 6.07) is 9.34. The van der Waals surface area contributed by atoms with E-state index in [1.54, 1.807) is 28.6 Å². The van der Waals surface area contributed by atoms with Crippen molar-refractivity contribution < 1.29 is 13.2 Å². The lowest BCUT2D eigenvalue weighted by atomic mass is 9.76. The fourth-order valence-corrected chi connectivity index (χ4v) is 6.98. The number of benzene rings is 1. The van der Waals surface area contributed by atoms with E-state index in [0.29, 0.717) is 48.8 Å². The first-order valence-corrected chi connectivity index (χ1v) is 12.3. The van der Waals surface area contributed by atoms with Crippen molar-refractivity contribution in [1.82, 2.24) is 9.21 Å². The van der Waals surface area contributed by atoms with Crippen LogP contribution in [-0.2, 0) is 14.8 Å². The Hall–Kier alpha value is -1.40. The number of carbonyl (C=O) groups excluding carboxylic acids is 1. The Morgan fingerprint density at radius 3 is 2.32 bits per heavy atom. The van der Waals surface area contributed by atoms with E-state index in [1.165, 1.54) is 25.7 Å². The van der Waals surface area contributed by atoms with Crippen LogP contribution in [0.4, 0.5) is 0 Å². The number of hydrogen-bond acceptors (Lipinski definition) is 3. The van der Waals surface area contributed by atoms with E-state index in [9.17, 15) is 13.2 Å². The molecule has 2 saturated heterocycles. The topological polar surface area (TPSA) is 57.7 Å². The number of likely N-dealkylation sites (tertiary alicyclic amines) is 1. The molecule has 154 valence electrons. The standard InChI is InChI=1S/C22H32N2O3S/c1-17-11-12-18-7-5-6-10-21(18)24(17)22(25)19-13-15-23(16-14-19)28(26,27)20-8-3-2-4-9-20/h2-4,8-9,17-19,21H,5-7,10-16H2,1H3/t17-,18+,21+/m1/s1. The van der Waals surface area contributed by atoms with Crippen molar-refractivity contribution in [2.75, 3.05) is 13.1 Å². The first kappa shape index (κ1) is 19.9. The third-order valence-corrected chi connectivity index (χ3v) is 9.01. The summed E-state index contributed by atoms with van der Waals surface area (Å²) in [7, 11) is -3.46. The van der Waals surface area contributed by atoms with Crippen LogP contribution < -0.4 is 0 Å². The molecule has 1 aromatic rings. The second-order valence-electron chi connectivity index (χ2n) is 8.78. The largest absolute Gasteiger partial charge is 0.336 e. The second kappa shape index (κ2) is 8.15. The lowest BCUT2D eigenvalue weighted by Crippen LogP contribution is -2.56. The van der Waals surface area contributed by atoms with Gasteiger partial charge in [0.25, 0.3) is 0 Å². The molecule has 2 heterocycles. The van der Waals surface area contributed by atoms with Gasteiger partial charge in [-0.1, -0.05) is 31.0 Å². The Bertz CT molecular complexity index is 787. The zero-order valence-corrected chi connectivity index (χ0v) is 17.6. The van der Waals surface area contributed by atoms with Gasteiger partial charge in [0.15, 0.2) is 0 Å². The summed E-state index contributed by atoms with van der Waals surface area (Å²) in [6.07, 6.45) is 8.55. The number of piperidine rings is 2. The molecule has 5 nitrogen and oxygen atoms in total. The maximum Gasteiger partial charge on any atom is 0.243 e. The average Bonchev–Trinajstić information content (AvgIpc) is 2.74. The Labute approximate surface area is 169 Å². The molecule has 1 aliphatic carbocycles. The van der Waals surface area contributed by atoms with Gasteiger partial charge in [-0.25, -0.2) is 8.42 Å². The van der Waals surface area contributed by atoms with E-state index >= 15 is 0 Å². The van der Waals surface area contributed by atoms with Gasteiger partial charge in [-0.05, 0) is 63.5 Å². The van der Waals surface area contributed by atoms with E-state index in [1.807, 2.05) is 6.07 Å². The summed E-state index contributed by atoms with van der Waals surface area (Å²) in [5.41, 5.74) is 0. The summed E-state index contributed by atoms with van der Waals surface area (Å²) < 4.78 is 27.2. The van der Waals surface area contributed by atoms with Gasteiger partial charge in [-0.15, -0.1) is 0 Å². The van der Waals surface area contributed by atoms with Gasteiger partial charge in [-0.3, -0.25) is 4.79 Å². The Morgan fingerprint density at radius 2 is 1.61 bits per heavy atom. The molecule has 1 aromatic carbocycles. The molecule has 0 aromatic heterocycles. The highest BCUT2D eigenvalue weighted by molar-refractivity contribution is 7.89. The van der Waals surface area contributed by atoms with Crippen LogP contribution in [0.1, 0.15) is 58.3 Å². The highest BCUT2D eigenvalue weighted by atomic mass is 32.2. The third-order valence-electron chi connectivity index (χ3n) is 7.09. The van der Waals surface area contributed by atoms with Gasteiger partial charge in [0.2, 0.25) is 15.9 Å². The van der Waals surface area contributed by atoms with E-state index in [-0.39, 0.29) is 11.8 Å². The second-order valence-corrected chi connectivity index (χ2v) is 10.7. The van der Waals surface area contributed by atoms with Crippen LogP contribution in [0, 0.1) is 11.8 Å². The van der Waals surface area contributed by atoms with E-state index in [0.717, 1.165) is 12.8 Å². The van der Waals surface area contributed by atoms with Crippen molar-refractivity contribution in [1.29, 1.82) is 0 Å².